The summed E-state index contributed by atoms with van der Waals surface area (Å²) < 4.78 is 10.9. The van der Waals surface area contributed by atoms with Gasteiger partial charge in [-0.2, -0.15) is 0 Å². The predicted molar refractivity (Wildman–Crippen MR) is 174 cm³/mol. The van der Waals surface area contributed by atoms with Gasteiger partial charge in [-0.3, -0.25) is 8.97 Å². The molecule has 5 heteroatoms. The number of para-hydroxylation sites is 2. The molecule has 5 aromatic carbocycles. The van der Waals surface area contributed by atoms with Gasteiger partial charge in [0.05, 0.1) is 16.6 Å². The number of benzene rings is 5. The molecule has 202 valence electrons. The van der Waals surface area contributed by atoms with Gasteiger partial charge in [-0.25, -0.2) is 9.97 Å². The van der Waals surface area contributed by atoms with Crippen LogP contribution >= 0.6 is 0 Å². The third-order valence-corrected chi connectivity index (χ3v) is 8.28. The van der Waals surface area contributed by atoms with Gasteiger partial charge in [-0.1, -0.05) is 72.8 Å². The summed E-state index contributed by atoms with van der Waals surface area (Å²) in [6.45, 7) is 0. The average Bonchev–Trinajstić information content (AvgIpc) is 3.69. The molecule has 0 amide bonds. The molecule has 0 spiro atoms. The van der Waals surface area contributed by atoms with E-state index in [0.717, 1.165) is 55.7 Å². The molecule has 0 aliphatic rings. The van der Waals surface area contributed by atoms with E-state index in [-0.39, 0.29) is 0 Å². The van der Waals surface area contributed by atoms with Gasteiger partial charge in [0.25, 0.3) is 0 Å². The van der Waals surface area contributed by atoms with Gasteiger partial charge in [-0.05, 0) is 59.5 Å². The highest BCUT2D eigenvalue weighted by Gasteiger charge is 2.16. The third-order valence-electron chi connectivity index (χ3n) is 8.28. The van der Waals surface area contributed by atoms with Crippen molar-refractivity contribution in [1.82, 2.24) is 18.9 Å². The van der Waals surface area contributed by atoms with Crippen LogP contribution in [0.3, 0.4) is 0 Å². The van der Waals surface area contributed by atoms with E-state index in [2.05, 4.69) is 111 Å². The number of nitrogens with zero attached hydrogens (tertiary/aromatic N) is 4. The summed E-state index contributed by atoms with van der Waals surface area (Å²) in [6, 6.07) is 44.0. The Labute approximate surface area is 246 Å². The van der Waals surface area contributed by atoms with Gasteiger partial charge in [0.15, 0.2) is 0 Å². The van der Waals surface area contributed by atoms with Crippen molar-refractivity contribution in [3.63, 3.8) is 0 Å². The van der Waals surface area contributed by atoms with E-state index >= 15 is 0 Å². The zero-order valence-corrected chi connectivity index (χ0v) is 23.1. The fourth-order valence-electron chi connectivity index (χ4n) is 6.44. The molecular formula is C38H24N4O. The predicted octanol–water partition coefficient (Wildman–Crippen LogP) is 9.59. The minimum Gasteiger partial charge on any atom is -0.457 e. The lowest BCUT2D eigenvalue weighted by Gasteiger charge is -2.14. The van der Waals surface area contributed by atoms with E-state index in [9.17, 15) is 0 Å². The van der Waals surface area contributed by atoms with Crippen molar-refractivity contribution in [2.45, 2.75) is 0 Å². The zero-order valence-electron chi connectivity index (χ0n) is 23.1. The molecule has 0 bridgehead atoms. The number of imidazole rings is 1. The van der Waals surface area contributed by atoms with Crippen LogP contribution in [0.1, 0.15) is 0 Å². The molecule has 0 saturated heterocycles. The highest BCUT2D eigenvalue weighted by molar-refractivity contribution is 6.15. The monoisotopic (exact) mass is 552 g/mol. The molecule has 0 aliphatic carbocycles. The Hall–Kier alpha value is -5.94. The van der Waals surface area contributed by atoms with Gasteiger partial charge in [0.1, 0.15) is 23.0 Å². The normalized spacial score (nSPS) is 11.7. The molecule has 43 heavy (non-hydrogen) atoms. The third kappa shape index (κ3) is 3.65. The number of rotatable bonds is 4. The van der Waals surface area contributed by atoms with Crippen LogP contribution in [0.4, 0.5) is 0 Å². The molecule has 5 nitrogen and oxygen atoms in total. The average molecular weight is 553 g/mol. The van der Waals surface area contributed by atoms with Crippen molar-refractivity contribution in [2.24, 2.45) is 0 Å². The van der Waals surface area contributed by atoms with Crippen LogP contribution in [0.5, 0.6) is 11.5 Å². The second-order valence-electron chi connectivity index (χ2n) is 10.7. The zero-order chi connectivity index (χ0) is 28.3. The topological polar surface area (TPSA) is 44.3 Å². The first-order valence-electron chi connectivity index (χ1n) is 14.3. The lowest BCUT2D eigenvalue weighted by Crippen LogP contribution is -1.96. The molecule has 0 fully saturated rings. The summed E-state index contributed by atoms with van der Waals surface area (Å²) in [6.07, 6.45) is 5.74. The van der Waals surface area contributed by atoms with Crippen LogP contribution in [0.25, 0.3) is 66.1 Å². The van der Waals surface area contributed by atoms with E-state index in [0.29, 0.717) is 0 Å². The highest BCUT2D eigenvalue weighted by Crippen LogP contribution is 2.38. The maximum atomic E-state index is 6.54. The van der Waals surface area contributed by atoms with Gasteiger partial charge < -0.3 is 4.74 Å². The molecule has 0 saturated carbocycles. The molecule has 0 unspecified atom stereocenters. The van der Waals surface area contributed by atoms with Crippen molar-refractivity contribution in [2.75, 3.05) is 0 Å². The molecule has 0 N–H and O–H groups in total. The van der Waals surface area contributed by atoms with Crippen LogP contribution in [0.15, 0.2) is 146 Å². The standard InChI is InChI=1S/C38H24N4O/c1-2-9-25(10-3-1)28-12-8-13-32-29-18-16-26(23-33(29)38-40-21-22-41(38)37(28)32)43-27-17-19-31-30-11-4-5-14-34(30)42(35(31)24-27)36-15-6-7-20-39-36/h1-24H. The van der Waals surface area contributed by atoms with Crippen LogP contribution in [0.2, 0.25) is 0 Å². The molecule has 9 aromatic rings. The van der Waals surface area contributed by atoms with Crippen molar-refractivity contribution < 1.29 is 4.74 Å². The summed E-state index contributed by atoms with van der Waals surface area (Å²) >= 11 is 0. The van der Waals surface area contributed by atoms with Gasteiger partial charge in [-0.15, -0.1) is 0 Å². The number of ether oxygens (including phenoxy) is 1. The lowest BCUT2D eigenvalue weighted by molar-refractivity contribution is 0.484. The molecule has 0 atom stereocenters. The minimum atomic E-state index is 0.760. The highest BCUT2D eigenvalue weighted by atomic mass is 16.5. The van der Waals surface area contributed by atoms with Crippen LogP contribution < -0.4 is 4.74 Å². The Morgan fingerprint density at radius 1 is 0.512 bits per heavy atom. The number of pyridine rings is 2. The Bertz CT molecular complexity index is 2480. The Morgan fingerprint density at radius 3 is 2.16 bits per heavy atom. The first-order valence-corrected chi connectivity index (χ1v) is 14.3. The molecule has 4 aromatic heterocycles. The van der Waals surface area contributed by atoms with Gasteiger partial charge >= 0.3 is 0 Å². The summed E-state index contributed by atoms with van der Waals surface area (Å²) in [7, 11) is 0. The summed E-state index contributed by atoms with van der Waals surface area (Å²) in [4.78, 5) is 9.44. The minimum absolute atomic E-state index is 0.760. The molecule has 0 aliphatic heterocycles. The smallest absolute Gasteiger partial charge is 0.145 e. The Balaban J connectivity index is 1.20. The first-order chi connectivity index (χ1) is 21.3. The van der Waals surface area contributed by atoms with Crippen LogP contribution in [-0.2, 0) is 0 Å². The van der Waals surface area contributed by atoms with Gasteiger partial charge in [0.2, 0.25) is 0 Å². The Morgan fingerprint density at radius 2 is 1.28 bits per heavy atom. The van der Waals surface area contributed by atoms with E-state index < -0.39 is 0 Å². The number of aromatic nitrogens is 4. The molecule has 0 radical (unpaired) electrons. The summed E-state index contributed by atoms with van der Waals surface area (Å²) in [5, 5.41) is 5.71. The fraction of sp³-hybridized carbons (Fsp3) is 0. The van der Waals surface area contributed by atoms with Crippen molar-refractivity contribution in [3.05, 3.63) is 146 Å². The van der Waals surface area contributed by atoms with E-state index in [4.69, 9.17) is 9.72 Å². The lowest BCUT2D eigenvalue weighted by atomic mass is 9.98. The quantitative estimate of drug-likeness (QED) is 0.204. The van der Waals surface area contributed by atoms with E-state index in [1.807, 2.05) is 48.9 Å². The molecular weight excluding hydrogens is 528 g/mol. The number of fused-ring (bicyclic) bond motifs is 9. The van der Waals surface area contributed by atoms with Gasteiger partial charge in [0, 0.05) is 51.8 Å². The van der Waals surface area contributed by atoms with Crippen LogP contribution in [0, 0.1) is 0 Å². The first kappa shape index (κ1) is 23.7. The Kier molecular flexibility index (Phi) is 5.13. The summed E-state index contributed by atoms with van der Waals surface area (Å²) in [5.41, 5.74) is 6.58. The second kappa shape index (κ2) is 9.29. The SMILES string of the molecule is c1ccc(-c2cccc3c4ccc(Oc5ccc6c7ccccc7n(-c7ccccn7)c6c5)cc4c4nccn4c23)cc1. The fourth-order valence-corrected chi connectivity index (χ4v) is 6.44. The van der Waals surface area contributed by atoms with Crippen molar-refractivity contribution in [1.29, 1.82) is 0 Å². The van der Waals surface area contributed by atoms with Crippen LogP contribution in [-0.4, -0.2) is 18.9 Å². The van der Waals surface area contributed by atoms with E-state index in [1.165, 1.54) is 21.9 Å². The molecule has 4 heterocycles. The maximum Gasteiger partial charge on any atom is 0.145 e. The maximum absolute atomic E-state index is 6.54. The number of hydrogen-bond acceptors (Lipinski definition) is 3. The van der Waals surface area contributed by atoms with E-state index in [1.54, 1.807) is 0 Å². The molecule has 9 rings (SSSR count). The number of hydrogen-bond donors (Lipinski definition) is 0. The van der Waals surface area contributed by atoms with Crippen molar-refractivity contribution >= 4 is 49.1 Å². The van der Waals surface area contributed by atoms with Crippen molar-refractivity contribution in [3.8, 4) is 28.4 Å². The summed E-state index contributed by atoms with van der Waals surface area (Å²) in [5.74, 6) is 2.40. The largest absolute Gasteiger partial charge is 0.457 e. The second-order valence-corrected chi connectivity index (χ2v) is 10.7.